The van der Waals surface area contributed by atoms with E-state index in [-0.39, 0.29) is 11.3 Å². The van der Waals surface area contributed by atoms with E-state index in [1.54, 1.807) is 6.07 Å². The van der Waals surface area contributed by atoms with Gasteiger partial charge in [0.05, 0.1) is 17.5 Å². The lowest BCUT2D eigenvalue weighted by Gasteiger charge is -2.07. The fourth-order valence-electron chi connectivity index (χ4n) is 1.87. The van der Waals surface area contributed by atoms with E-state index < -0.39 is 16.0 Å². The van der Waals surface area contributed by atoms with E-state index in [4.69, 9.17) is 0 Å². The molecular formula is C17H15NO4S. The monoisotopic (exact) mass is 329 g/mol. The number of nitrogens with one attached hydrogen (secondary N) is 1. The van der Waals surface area contributed by atoms with Gasteiger partial charge in [-0.1, -0.05) is 29.5 Å². The summed E-state index contributed by atoms with van der Waals surface area (Å²) in [5, 5.41) is 9.22. The molecule has 2 aromatic rings. The summed E-state index contributed by atoms with van der Waals surface area (Å²) >= 11 is 0. The van der Waals surface area contributed by atoms with Crippen LogP contribution < -0.4 is 4.72 Å². The van der Waals surface area contributed by atoms with Crippen LogP contribution in [0.15, 0.2) is 42.5 Å². The van der Waals surface area contributed by atoms with E-state index in [1.807, 2.05) is 31.2 Å². The Kier molecular flexibility index (Phi) is 4.72. The molecule has 0 amide bonds. The van der Waals surface area contributed by atoms with E-state index in [2.05, 4.69) is 16.6 Å². The lowest BCUT2D eigenvalue weighted by molar-refractivity contribution is 0.0698. The van der Waals surface area contributed by atoms with Crippen LogP contribution in [0.5, 0.6) is 0 Å². The lowest BCUT2D eigenvalue weighted by Crippen LogP contribution is -2.13. The van der Waals surface area contributed by atoms with Crippen molar-refractivity contribution in [2.45, 2.75) is 6.92 Å². The molecule has 0 aliphatic heterocycles. The molecule has 2 aromatic carbocycles. The molecule has 0 heterocycles. The minimum Gasteiger partial charge on any atom is -0.478 e. The summed E-state index contributed by atoms with van der Waals surface area (Å²) in [7, 11) is -3.55. The molecule has 0 aliphatic carbocycles. The predicted molar refractivity (Wildman–Crippen MR) is 89.0 cm³/mol. The van der Waals surface area contributed by atoms with Gasteiger partial charge < -0.3 is 5.11 Å². The number of hydrogen-bond donors (Lipinski definition) is 2. The number of anilines is 1. The van der Waals surface area contributed by atoms with Gasteiger partial charge in [0.15, 0.2) is 0 Å². The van der Waals surface area contributed by atoms with Crippen molar-refractivity contribution >= 4 is 21.7 Å². The topological polar surface area (TPSA) is 83.5 Å². The zero-order valence-corrected chi connectivity index (χ0v) is 13.4. The van der Waals surface area contributed by atoms with Gasteiger partial charge in [-0.15, -0.1) is 0 Å². The highest BCUT2D eigenvalue weighted by atomic mass is 32.2. The smallest absolute Gasteiger partial charge is 0.337 e. The zero-order valence-electron chi connectivity index (χ0n) is 12.6. The Morgan fingerprint density at radius 1 is 1.04 bits per heavy atom. The summed E-state index contributed by atoms with van der Waals surface area (Å²) in [6, 6.07) is 11.9. The Hall–Kier alpha value is -2.78. The number of aromatic carboxylic acids is 1. The van der Waals surface area contributed by atoms with Crippen molar-refractivity contribution in [1.29, 1.82) is 0 Å². The van der Waals surface area contributed by atoms with Crippen LogP contribution in [0.2, 0.25) is 0 Å². The van der Waals surface area contributed by atoms with Crippen molar-refractivity contribution in [3.63, 3.8) is 0 Å². The molecule has 118 valence electrons. The third-order valence-corrected chi connectivity index (χ3v) is 3.54. The van der Waals surface area contributed by atoms with E-state index in [0.29, 0.717) is 5.56 Å². The van der Waals surface area contributed by atoms with Gasteiger partial charge in [-0.25, -0.2) is 13.2 Å². The molecule has 2 rings (SSSR count). The molecule has 6 heteroatoms. The Labute approximate surface area is 135 Å². The van der Waals surface area contributed by atoms with Crippen molar-refractivity contribution in [3.8, 4) is 11.8 Å². The predicted octanol–water partition coefficient (Wildman–Crippen LogP) is 2.46. The molecule has 0 aliphatic rings. The Bertz CT molecular complexity index is 904. The van der Waals surface area contributed by atoms with Crippen molar-refractivity contribution in [2.24, 2.45) is 0 Å². The van der Waals surface area contributed by atoms with Gasteiger partial charge in [0, 0.05) is 11.1 Å². The van der Waals surface area contributed by atoms with Crippen LogP contribution in [-0.2, 0) is 10.0 Å². The summed E-state index contributed by atoms with van der Waals surface area (Å²) < 4.78 is 24.7. The highest BCUT2D eigenvalue weighted by Crippen LogP contribution is 2.18. The SMILES string of the molecule is Cc1ccc(C#Cc2ccc(NS(C)(=O)=O)c(C(=O)O)c2)cc1. The summed E-state index contributed by atoms with van der Waals surface area (Å²) in [6.45, 7) is 1.98. The molecule has 0 atom stereocenters. The molecule has 2 N–H and O–H groups in total. The second kappa shape index (κ2) is 6.55. The molecule has 0 unspecified atom stereocenters. The minimum absolute atomic E-state index is 0.0147. The standard InChI is InChI=1S/C17H15NO4S/c1-12-3-5-13(6-4-12)7-8-14-9-10-16(18-23(2,21)22)15(11-14)17(19)20/h3-6,9-11,18H,1-2H3,(H,19,20). The van der Waals surface area contributed by atoms with Crippen LogP contribution in [-0.4, -0.2) is 25.7 Å². The molecular weight excluding hydrogens is 314 g/mol. The van der Waals surface area contributed by atoms with Gasteiger partial charge in [0.1, 0.15) is 0 Å². The molecule has 0 radical (unpaired) electrons. The first-order valence-electron chi connectivity index (χ1n) is 6.68. The maximum Gasteiger partial charge on any atom is 0.337 e. The van der Waals surface area contributed by atoms with E-state index in [9.17, 15) is 18.3 Å². The Balaban J connectivity index is 2.37. The fraction of sp³-hybridized carbons (Fsp3) is 0.118. The third-order valence-electron chi connectivity index (χ3n) is 2.95. The lowest BCUT2D eigenvalue weighted by atomic mass is 10.1. The van der Waals surface area contributed by atoms with Gasteiger partial charge in [-0.2, -0.15) is 0 Å². The number of hydrogen-bond acceptors (Lipinski definition) is 3. The first kappa shape index (κ1) is 16.6. The molecule has 0 fully saturated rings. The number of carbonyl (C=O) groups is 1. The Morgan fingerprint density at radius 2 is 1.61 bits per heavy atom. The first-order valence-corrected chi connectivity index (χ1v) is 8.57. The largest absolute Gasteiger partial charge is 0.478 e. The summed E-state index contributed by atoms with van der Waals surface area (Å²) in [5.74, 6) is 4.59. The van der Waals surface area contributed by atoms with E-state index >= 15 is 0 Å². The van der Waals surface area contributed by atoms with Gasteiger partial charge in [0.2, 0.25) is 10.0 Å². The van der Waals surface area contributed by atoms with Crippen LogP contribution in [0, 0.1) is 18.8 Å². The van der Waals surface area contributed by atoms with Gasteiger partial charge >= 0.3 is 5.97 Å². The van der Waals surface area contributed by atoms with Crippen LogP contribution in [0.25, 0.3) is 0 Å². The number of sulfonamides is 1. The number of benzene rings is 2. The van der Waals surface area contributed by atoms with Crippen molar-refractivity contribution in [1.82, 2.24) is 0 Å². The van der Waals surface area contributed by atoms with Gasteiger partial charge in [0.25, 0.3) is 0 Å². The number of carboxylic acids is 1. The van der Waals surface area contributed by atoms with Crippen molar-refractivity contribution in [3.05, 3.63) is 64.7 Å². The van der Waals surface area contributed by atoms with Gasteiger partial charge in [-0.05, 0) is 37.3 Å². The van der Waals surface area contributed by atoms with Crippen LogP contribution >= 0.6 is 0 Å². The molecule has 0 saturated heterocycles. The van der Waals surface area contributed by atoms with E-state index in [1.165, 1.54) is 12.1 Å². The second-order valence-electron chi connectivity index (χ2n) is 5.06. The number of aryl methyl sites for hydroxylation is 1. The normalized spacial score (nSPS) is 10.5. The summed E-state index contributed by atoms with van der Waals surface area (Å²) in [4.78, 5) is 11.3. The second-order valence-corrected chi connectivity index (χ2v) is 6.80. The molecule has 23 heavy (non-hydrogen) atoms. The Morgan fingerprint density at radius 3 is 2.17 bits per heavy atom. The van der Waals surface area contributed by atoms with Crippen molar-refractivity contribution in [2.75, 3.05) is 11.0 Å². The maximum absolute atomic E-state index is 11.3. The highest BCUT2D eigenvalue weighted by molar-refractivity contribution is 7.92. The van der Waals surface area contributed by atoms with Crippen molar-refractivity contribution < 1.29 is 18.3 Å². The molecule has 0 bridgehead atoms. The molecule has 5 nitrogen and oxygen atoms in total. The summed E-state index contributed by atoms with van der Waals surface area (Å²) in [5.41, 5.74) is 2.29. The maximum atomic E-state index is 11.3. The summed E-state index contributed by atoms with van der Waals surface area (Å²) in [6.07, 6.45) is 0.962. The van der Waals surface area contributed by atoms with Crippen LogP contribution in [0.1, 0.15) is 27.0 Å². The van der Waals surface area contributed by atoms with E-state index in [0.717, 1.165) is 17.4 Å². The quantitative estimate of drug-likeness (QED) is 0.847. The number of carboxylic acid groups (broad SMARTS) is 1. The first-order chi connectivity index (χ1) is 10.7. The number of rotatable bonds is 3. The average Bonchev–Trinajstić information content (AvgIpc) is 2.46. The third kappa shape index (κ3) is 4.87. The minimum atomic E-state index is -3.55. The highest BCUT2D eigenvalue weighted by Gasteiger charge is 2.13. The fourth-order valence-corrected chi connectivity index (χ4v) is 2.45. The van der Waals surface area contributed by atoms with Gasteiger partial charge in [-0.3, -0.25) is 4.72 Å². The zero-order chi connectivity index (χ0) is 17.0. The van der Waals surface area contributed by atoms with Crippen LogP contribution in [0.4, 0.5) is 5.69 Å². The molecule has 0 aromatic heterocycles. The van der Waals surface area contributed by atoms with Crippen LogP contribution in [0.3, 0.4) is 0 Å². The average molecular weight is 329 g/mol. The molecule has 0 spiro atoms. The molecule has 0 saturated carbocycles.